The third kappa shape index (κ3) is 5.02. The molecule has 15 heavy (non-hydrogen) atoms. The van der Waals surface area contributed by atoms with Crippen LogP contribution in [0, 0.1) is 0 Å². The second-order valence-corrected chi connectivity index (χ2v) is 4.60. The lowest BCUT2D eigenvalue weighted by Gasteiger charge is -2.15. The van der Waals surface area contributed by atoms with Crippen molar-refractivity contribution < 1.29 is 14.3 Å². The lowest BCUT2D eigenvalue weighted by Crippen LogP contribution is -2.15. The van der Waals surface area contributed by atoms with E-state index in [1.807, 2.05) is 13.0 Å². The Labute approximate surface area is 94.3 Å². The van der Waals surface area contributed by atoms with Gasteiger partial charge in [0.2, 0.25) is 0 Å². The smallest absolute Gasteiger partial charge is 0.367 e. The van der Waals surface area contributed by atoms with E-state index in [9.17, 15) is 9.59 Å². The zero-order chi connectivity index (χ0) is 11.1. The summed E-state index contributed by atoms with van der Waals surface area (Å²) >= 11 is 1.18. The molecule has 1 atom stereocenters. The van der Waals surface area contributed by atoms with E-state index in [1.165, 1.54) is 11.8 Å². The van der Waals surface area contributed by atoms with Crippen molar-refractivity contribution in [3.63, 3.8) is 0 Å². The van der Waals surface area contributed by atoms with Crippen LogP contribution in [0.5, 0.6) is 0 Å². The molecule has 0 aromatic carbocycles. The second kappa shape index (κ2) is 6.67. The molecule has 1 aliphatic rings. The highest BCUT2D eigenvalue weighted by Crippen LogP contribution is 2.15. The Morgan fingerprint density at radius 2 is 2.47 bits per heavy atom. The molecule has 1 rings (SSSR count). The Morgan fingerprint density at radius 1 is 1.67 bits per heavy atom. The topological polar surface area (TPSA) is 43.4 Å². The van der Waals surface area contributed by atoms with E-state index in [2.05, 4.69) is 0 Å². The molecule has 3 nitrogen and oxygen atoms in total. The average Bonchev–Trinajstić information content (AvgIpc) is 2.14. The Bertz CT molecular complexity index is 261. The van der Waals surface area contributed by atoms with Crippen molar-refractivity contribution in [2.24, 2.45) is 0 Å². The normalized spacial score (nSPS) is 24.1. The van der Waals surface area contributed by atoms with Crippen LogP contribution in [0.15, 0.2) is 12.2 Å². The van der Waals surface area contributed by atoms with Gasteiger partial charge in [-0.15, -0.1) is 0 Å². The van der Waals surface area contributed by atoms with Crippen molar-refractivity contribution in [3.8, 4) is 0 Å². The van der Waals surface area contributed by atoms with Crippen molar-refractivity contribution in [2.75, 3.05) is 5.75 Å². The van der Waals surface area contributed by atoms with Crippen molar-refractivity contribution in [1.29, 1.82) is 0 Å². The Hall–Kier alpha value is -0.770. The van der Waals surface area contributed by atoms with Gasteiger partial charge < -0.3 is 4.74 Å². The highest BCUT2D eigenvalue weighted by molar-refractivity contribution is 8.13. The minimum absolute atomic E-state index is 0.148. The zero-order valence-electron chi connectivity index (χ0n) is 8.90. The van der Waals surface area contributed by atoms with Gasteiger partial charge in [-0.25, -0.2) is 4.79 Å². The van der Waals surface area contributed by atoms with Crippen LogP contribution in [0.4, 0.5) is 4.79 Å². The van der Waals surface area contributed by atoms with Gasteiger partial charge in [-0.3, -0.25) is 4.79 Å². The van der Waals surface area contributed by atoms with Gasteiger partial charge in [-0.1, -0.05) is 13.0 Å². The Balaban J connectivity index is 2.40. The summed E-state index contributed by atoms with van der Waals surface area (Å²) in [5, 5.41) is -0.223. The second-order valence-electron chi connectivity index (χ2n) is 3.40. The van der Waals surface area contributed by atoms with E-state index in [1.54, 1.807) is 6.08 Å². The van der Waals surface area contributed by atoms with Crippen LogP contribution in [0.1, 0.15) is 32.6 Å². The molecule has 0 saturated carbocycles. The van der Waals surface area contributed by atoms with Crippen molar-refractivity contribution in [1.82, 2.24) is 0 Å². The van der Waals surface area contributed by atoms with Gasteiger partial charge in [0.15, 0.2) is 0 Å². The lowest BCUT2D eigenvalue weighted by atomic mass is 10.0. The molecule has 0 heterocycles. The first-order valence-corrected chi connectivity index (χ1v) is 6.22. The van der Waals surface area contributed by atoms with Crippen LogP contribution >= 0.6 is 11.8 Å². The average molecular weight is 228 g/mol. The predicted octanol–water partition coefficient (Wildman–Crippen LogP) is 2.94. The molecule has 0 aromatic rings. The molecule has 0 amide bonds. The summed E-state index contributed by atoms with van der Waals surface area (Å²) in [6.45, 7) is 1.92. The molecule has 0 N–H and O–H groups in total. The summed E-state index contributed by atoms with van der Waals surface area (Å²) in [6.07, 6.45) is 6.09. The van der Waals surface area contributed by atoms with Gasteiger partial charge in [-0.05, 0) is 30.7 Å². The quantitative estimate of drug-likeness (QED) is 0.538. The fourth-order valence-electron chi connectivity index (χ4n) is 1.42. The summed E-state index contributed by atoms with van der Waals surface area (Å²) in [6, 6.07) is 0. The first kappa shape index (κ1) is 12.3. The maximum atomic E-state index is 11.2. The predicted molar refractivity (Wildman–Crippen MR) is 61.0 cm³/mol. The van der Waals surface area contributed by atoms with E-state index >= 15 is 0 Å². The van der Waals surface area contributed by atoms with E-state index in [0.717, 1.165) is 18.6 Å². The number of ketones is 1. The minimum Gasteiger partial charge on any atom is -0.450 e. The highest BCUT2D eigenvalue weighted by atomic mass is 32.2. The fourth-order valence-corrected chi connectivity index (χ4v) is 1.85. The number of allylic oxidation sites excluding steroid dienone is 1. The number of hydrogen-bond donors (Lipinski definition) is 0. The van der Waals surface area contributed by atoms with Crippen LogP contribution in [0.3, 0.4) is 0 Å². The standard InChI is InChI=1S/C11H16O3S/c1-2-15-11(13)14-10-7-3-5-9(12)6-4-8-10/h3,7,10H,2,4-6,8H2,1H3/b7-3+. The molecule has 0 bridgehead atoms. The van der Waals surface area contributed by atoms with Gasteiger partial charge in [0.1, 0.15) is 11.9 Å². The minimum atomic E-state index is -0.223. The third-order valence-corrected chi connectivity index (χ3v) is 2.77. The van der Waals surface area contributed by atoms with Crippen molar-refractivity contribution in [2.45, 2.75) is 38.7 Å². The SMILES string of the molecule is CCSC(=O)OC1/C=C/CC(=O)CCC1. The third-order valence-electron chi connectivity index (χ3n) is 2.15. The van der Waals surface area contributed by atoms with Gasteiger partial charge in [0.05, 0.1) is 0 Å². The fraction of sp³-hybridized carbons (Fsp3) is 0.636. The maximum Gasteiger partial charge on any atom is 0.367 e. The number of carbonyl (C=O) groups is 2. The van der Waals surface area contributed by atoms with E-state index in [0.29, 0.717) is 12.8 Å². The molecule has 0 saturated heterocycles. The van der Waals surface area contributed by atoms with Crippen LogP contribution in [-0.2, 0) is 9.53 Å². The van der Waals surface area contributed by atoms with Gasteiger partial charge in [0.25, 0.3) is 0 Å². The molecule has 4 heteroatoms. The number of Topliss-reactive ketones (excluding diaryl/α,β-unsaturated/α-hetero) is 1. The molecule has 1 unspecified atom stereocenters. The number of thioether (sulfide) groups is 1. The molecule has 0 radical (unpaired) electrons. The van der Waals surface area contributed by atoms with E-state index < -0.39 is 0 Å². The summed E-state index contributed by atoms with van der Waals surface area (Å²) in [7, 11) is 0. The zero-order valence-corrected chi connectivity index (χ0v) is 9.72. The molecule has 0 aliphatic heterocycles. The van der Waals surface area contributed by atoms with E-state index in [4.69, 9.17) is 4.74 Å². The van der Waals surface area contributed by atoms with Crippen LogP contribution in [0.25, 0.3) is 0 Å². The van der Waals surface area contributed by atoms with Crippen LogP contribution < -0.4 is 0 Å². The Morgan fingerprint density at radius 3 is 3.20 bits per heavy atom. The lowest BCUT2D eigenvalue weighted by molar-refractivity contribution is -0.118. The molecule has 0 fully saturated rings. The van der Waals surface area contributed by atoms with E-state index in [-0.39, 0.29) is 17.2 Å². The molecule has 0 spiro atoms. The van der Waals surface area contributed by atoms with Crippen LogP contribution in [-0.4, -0.2) is 22.9 Å². The summed E-state index contributed by atoms with van der Waals surface area (Å²) in [5.41, 5.74) is 0. The highest BCUT2D eigenvalue weighted by Gasteiger charge is 2.14. The summed E-state index contributed by atoms with van der Waals surface area (Å²) < 4.78 is 5.23. The first-order chi connectivity index (χ1) is 7.22. The molecular weight excluding hydrogens is 212 g/mol. The number of hydrogen-bond acceptors (Lipinski definition) is 4. The molecule has 0 aromatic heterocycles. The molecule has 1 aliphatic carbocycles. The maximum absolute atomic E-state index is 11.2. The number of rotatable bonds is 2. The van der Waals surface area contributed by atoms with Crippen LogP contribution in [0.2, 0.25) is 0 Å². The molecule has 84 valence electrons. The number of carbonyl (C=O) groups excluding carboxylic acids is 2. The van der Waals surface area contributed by atoms with Gasteiger partial charge in [0, 0.05) is 18.6 Å². The summed E-state index contributed by atoms with van der Waals surface area (Å²) in [4.78, 5) is 22.3. The van der Waals surface area contributed by atoms with Gasteiger partial charge in [-0.2, -0.15) is 0 Å². The number of ether oxygens (including phenoxy) is 1. The largest absolute Gasteiger partial charge is 0.450 e. The summed E-state index contributed by atoms with van der Waals surface area (Å²) in [5.74, 6) is 0.993. The molecular formula is C11H16O3S. The Kier molecular flexibility index (Phi) is 5.47. The van der Waals surface area contributed by atoms with Gasteiger partial charge >= 0.3 is 5.30 Å². The van der Waals surface area contributed by atoms with Crippen molar-refractivity contribution in [3.05, 3.63) is 12.2 Å². The monoisotopic (exact) mass is 228 g/mol. The van der Waals surface area contributed by atoms with Crippen molar-refractivity contribution >= 4 is 22.8 Å². The first-order valence-electron chi connectivity index (χ1n) is 5.24.